The number of aromatic nitrogens is 1. The molecule has 42 heavy (non-hydrogen) atoms. The van der Waals surface area contributed by atoms with Gasteiger partial charge in [0.1, 0.15) is 17.3 Å². The van der Waals surface area contributed by atoms with Crippen molar-refractivity contribution in [2.24, 2.45) is 11.3 Å². The number of benzene rings is 2. The highest BCUT2D eigenvalue weighted by Gasteiger charge is 2.49. The number of carbonyl (C=O) groups is 1. The highest BCUT2D eigenvalue weighted by atomic mass is 79.9. The monoisotopic (exact) mass is 636 g/mol. The summed E-state index contributed by atoms with van der Waals surface area (Å²) in [5.41, 5.74) is 2.65. The molecule has 1 aromatic heterocycles. The van der Waals surface area contributed by atoms with Crippen LogP contribution in [0.4, 0.5) is 17.2 Å². The summed E-state index contributed by atoms with van der Waals surface area (Å²) in [6.07, 6.45) is 6.71. The first-order chi connectivity index (χ1) is 20.3. The molecule has 3 aromatic rings. The summed E-state index contributed by atoms with van der Waals surface area (Å²) in [5, 5.41) is 11.6. The Balaban J connectivity index is 1.23. The summed E-state index contributed by atoms with van der Waals surface area (Å²) in [6.45, 7) is 3.14. The maximum absolute atomic E-state index is 12.2. The minimum atomic E-state index is -0.447. The minimum Gasteiger partial charge on any atom is -0.497 e. The number of piperidine rings is 1. The van der Waals surface area contributed by atoms with Gasteiger partial charge in [-0.05, 0) is 91.8 Å². The van der Waals surface area contributed by atoms with Gasteiger partial charge in [-0.1, -0.05) is 34.1 Å². The summed E-state index contributed by atoms with van der Waals surface area (Å²) >= 11 is 3.48. The molecule has 5 rings (SSSR count). The summed E-state index contributed by atoms with van der Waals surface area (Å²) < 4.78 is 11.1. The van der Waals surface area contributed by atoms with Gasteiger partial charge in [-0.25, -0.2) is 9.78 Å². The maximum atomic E-state index is 12.2. The number of carbonyl (C=O) groups excluding carboxylic acids is 1. The Kier molecular flexibility index (Phi) is 9.30. The van der Waals surface area contributed by atoms with E-state index in [2.05, 4.69) is 42.8 Å². The number of esters is 1. The van der Waals surface area contributed by atoms with E-state index < -0.39 is 5.97 Å². The number of methoxy groups -OCH3 is 2. The lowest BCUT2D eigenvalue weighted by Gasteiger charge is -2.38. The Morgan fingerprint density at radius 1 is 1.12 bits per heavy atom. The molecule has 2 aliphatic rings. The van der Waals surface area contributed by atoms with E-state index in [0.29, 0.717) is 29.3 Å². The third-order valence-corrected chi connectivity index (χ3v) is 9.31. The lowest BCUT2D eigenvalue weighted by atomic mass is 9.78. The molecule has 0 bridgehead atoms. The van der Waals surface area contributed by atoms with Crippen LogP contribution in [0.5, 0.6) is 5.75 Å². The molecule has 2 fully saturated rings. The fraction of sp³-hybridized carbons (Fsp3) is 0.438. The fourth-order valence-corrected chi connectivity index (χ4v) is 6.67. The van der Waals surface area contributed by atoms with E-state index in [1.165, 1.54) is 20.0 Å². The number of halogens is 1. The summed E-state index contributed by atoms with van der Waals surface area (Å²) in [5.74, 6) is 1.74. The average Bonchev–Trinajstić information content (AvgIpc) is 3.81. The third kappa shape index (κ3) is 6.86. The Morgan fingerprint density at radius 3 is 2.50 bits per heavy atom. The van der Waals surface area contributed by atoms with E-state index in [9.17, 15) is 14.9 Å². The van der Waals surface area contributed by atoms with Crippen LogP contribution in [0, 0.1) is 21.4 Å². The van der Waals surface area contributed by atoms with Crippen LogP contribution in [0.2, 0.25) is 0 Å². The largest absolute Gasteiger partial charge is 0.497 e. The second-order valence-electron chi connectivity index (χ2n) is 11.3. The smallest absolute Gasteiger partial charge is 0.356 e. The number of nitro groups is 1. The van der Waals surface area contributed by atoms with Gasteiger partial charge in [0.15, 0.2) is 5.69 Å². The molecule has 10 heteroatoms. The molecule has 1 saturated carbocycles. The van der Waals surface area contributed by atoms with Crippen LogP contribution >= 0.6 is 15.9 Å². The van der Waals surface area contributed by atoms with Crippen molar-refractivity contribution in [3.8, 4) is 5.75 Å². The standard InChI is InChI=1S/C32H37BrN4O5/c1-41-26-10-7-23(8-11-26)22-36(30-6-3-5-27(34-30)31(38)42-2)18-4-15-32(16-17-32)24-13-19-35(20-14-24)29-21-25(33)9-12-28(29)37(39)40/h3,5-12,21,24H,4,13-20,22H2,1-2H3. The van der Waals surface area contributed by atoms with Gasteiger partial charge in [0, 0.05) is 36.7 Å². The van der Waals surface area contributed by atoms with Crippen molar-refractivity contribution < 1.29 is 19.2 Å². The van der Waals surface area contributed by atoms with Crippen molar-refractivity contribution in [3.63, 3.8) is 0 Å². The van der Waals surface area contributed by atoms with Gasteiger partial charge >= 0.3 is 5.97 Å². The number of ether oxygens (including phenoxy) is 2. The zero-order chi connectivity index (χ0) is 29.7. The molecular formula is C32H37BrN4O5. The van der Waals surface area contributed by atoms with Crippen LogP contribution in [0.1, 0.15) is 54.6 Å². The second-order valence-corrected chi connectivity index (χ2v) is 12.2. The summed E-state index contributed by atoms with van der Waals surface area (Å²) in [4.78, 5) is 32.5. The van der Waals surface area contributed by atoms with Crippen molar-refractivity contribution in [1.82, 2.24) is 4.98 Å². The Hall–Kier alpha value is -3.66. The van der Waals surface area contributed by atoms with Gasteiger partial charge in [-0.2, -0.15) is 0 Å². The lowest BCUT2D eigenvalue weighted by molar-refractivity contribution is -0.384. The predicted octanol–water partition coefficient (Wildman–Crippen LogP) is 7.03. The first kappa shape index (κ1) is 29.8. The van der Waals surface area contributed by atoms with Gasteiger partial charge in [0.05, 0.1) is 19.1 Å². The zero-order valence-corrected chi connectivity index (χ0v) is 25.7. The first-order valence-corrected chi connectivity index (χ1v) is 15.2. The van der Waals surface area contributed by atoms with Crippen molar-refractivity contribution in [1.29, 1.82) is 0 Å². The van der Waals surface area contributed by atoms with Crippen LogP contribution in [0.25, 0.3) is 0 Å². The molecule has 1 saturated heterocycles. The van der Waals surface area contributed by atoms with E-state index in [1.807, 2.05) is 30.3 Å². The molecule has 0 radical (unpaired) electrons. The van der Waals surface area contributed by atoms with Gasteiger partial charge in [0.2, 0.25) is 0 Å². The molecule has 1 aliphatic heterocycles. The highest BCUT2D eigenvalue weighted by molar-refractivity contribution is 9.10. The number of hydrogen-bond acceptors (Lipinski definition) is 8. The van der Waals surface area contributed by atoms with E-state index in [1.54, 1.807) is 25.3 Å². The van der Waals surface area contributed by atoms with Gasteiger partial charge in [-0.15, -0.1) is 0 Å². The van der Waals surface area contributed by atoms with Crippen LogP contribution in [0.3, 0.4) is 0 Å². The second kappa shape index (κ2) is 13.1. The summed E-state index contributed by atoms with van der Waals surface area (Å²) in [7, 11) is 3.02. The maximum Gasteiger partial charge on any atom is 0.356 e. The Labute approximate surface area is 255 Å². The molecule has 0 N–H and O–H groups in total. The molecule has 222 valence electrons. The van der Waals surface area contributed by atoms with E-state index in [-0.39, 0.29) is 10.6 Å². The molecule has 0 unspecified atom stereocenters. The average molecular weight is 638 g/mol. The lowest BCUT2D eigenvalue weighted by Crippen LogP contribution is -2.37. The molecule has 2 aromatic carbocycles. The molecule has 0 atom stereocenters. The quantitative estimate of drug-likeness (QED) is 0.119. The van der Waals surface area contributed by atoms with Gasteiger partial charge in [0.25, 0.3) is 5.69 Å². The number of nitro benzene ring substituents is 1. The number of nitrogens with zero attached hydrogens (tertiary/aromatic N) is 4. The van der Waals surface area contributed by atoms with Crippen LogP contribution in [0.15, 0.2) is 65.1 Å². The zero-order valence-electron chi connectivity index (χ0n) is 24.1. The third-order valence-electron chi connectivity index (χ3n) is 8.82. The van der Waals surface area contributed by atoms with Crippen molar-refractivity contribution in [3.05, 3.63) is 86.5 Å². The molecule has 0 spiro atoms. The van der Waals surface area contributed by atoms with Crippen LogP contribution in [-0.4, -0.2) is 49.7 Å². The topological polar surface area (TPSA) is 98.0 Å². The normalized spacial score (nSPS) is 16.1. The molecular weight excluding hydrogens is 600 g/mol. The minimum absolute atomic E-state index is 0.166. The number of pyridine rings is 1. The Bertz CT molecular complexity index is 1400. The van der Waals surface area contributed by atoms with Crippen molar-refractivity contribution >= 4 is 39.1 Å². The van der Waals surface area contributed by atoms with Crippen LogP contribution < -0.4 is 14.5 Å². The number of hydrogen-bond donors (Lipinski definition) is 0. The Morgan fingerprint density at radius 2 is 1.86 bits per heavy atom. The van der Waals surface area contributed by atoms with Gasteiger partial charge in [-0.3, -0.25) is 10.1 Å². The number of rotatable bonds is 12. The van der Waals surface area contributed by atoms with Gasteiger partial charge < -0.3 is 19.3 Å². The molecule has 9 nitrogen and oxygen atoms in total. The predicted molar refractivity (Wildman–Crippen MR) is 166 cm³/mol. The van der Waals surface area contributed by atoms with Crippen molar-refractivity contribution in [2.45, 2.75) is 45.1 Å². The molecule has 2 heterocycles. The SMILES string of the molecule is COC(=O)c1cccc(N(CCCC2(C3CCN(c4cc(Br)ccc4[N+](=O)[O-])CC3)CC2)Cc2ccc(OC)cc2)n1. The van der Waals surface area contributed by atoms with E-state index in [4.69, 9.17) is 9.47 Å². The molecule has 1 aliphatic carbocycles. The highest BCUT2D eigenvalue weighted by Crippen LogP contribution is 2.58. The van der Waals surface area contributed by atoms with E-state index in [0.717, 1.165) is 66.9 Å². The first-order valence-electron chi connectivity index (χ1n) is 14.4. The number of anilines is 2. The summed E-state index contributed by atoms with van der Waals surface area (Å²) in [6, 6.07) is 18.7. The van der Waals surface area contributed by atoms with E-state index >= 15 is 0 Å². The van der Waals surface area contributed by atoms with Crippen molar-refractivity contribution in [2.75, 3.05) is 43.7 Å². The van der Waals surface area contributed by atoms with Crippen LogP contribution in [-0.2, 0) is 11.3 Å². The molecule has 0 amide bonds. The fourth-order valence-electron chi connectivity index (χ4n) is 6.33.